The third-order valence-electron chi connectivity index (χ3n) is 5.94. The molecule has 0 spiro atoms. The number of anilines is 2. The van der Waals surface area contributed by atoms with Gasteiger partial charge in [-0.1, -0.05) is 24.3 Å². The molecule has 1 amide bonds. The number of benzene rings is 2. The summed E-state index contributed by atoms with van der Waals surface area (Å²) in [6.07, 6.45) is 0.803. The molecule has 0 fully saturated rings. The first-order valence-electron chi connectivity index (χ1n) is 11.7. The topological polar surface area (TPSA) is 126 Å². The summed E-state index contributed by atoms with van der Waals surface area (Å²) in [6.45, 7) is 0.171. The minimum atomic E-state index is -3.21. The van der Waals surface area contributed by atoms with Crippen LogP contribution in [-0.4, -0.2) is 58.6 Å². The highest BCUT2D eigenvalue weighted by Crippen LogP contribution is 2.36. The number of aromatic nitrogens is 2. The zero-order valence-electron chi connectivity index (χ0n) is 20.4. The van der Waals surface area contributed by atoms with Gasteiger partial charge >= 0.3 is 0 Å². The van der Waals surface area contributed by atoms with Crippen molar-refractivity contribution in [3.8, 4) is 11.6 Å². The van der Waals surface area contributed by atoms with Gasteiger partial charge in [-0.15, -0.1) is 0 Å². The van der Waals surface area contributed by atoms with Gasteiger partial charge in [0.1, 0.15) is 17.4 Å². The number of aliphatic hydroxyl groups excluding tert-OH is 2. The summed E-state index contributed by atoms with van der Waals surface area (Å²) in [6, 6.07) is 12.4. The highest BCUT2D eigenvalue weighted by Gasteiger charge is 2.33. The molecule has 1 aliphatic rings. The number of amides is 1. The van der Waals surface area contributed by atoms with Gasteiger partial charge in [-0.05, 0) is 29.3 Å². The molecule has 4 N–H and O–H groups in total. The number of aliphatic hydroxyl groups is 2. The van der Waals surface area contributed by atoms with Crippen molar-refractivity contribution in [1.82, 2.24) is 15.3 Å². The highest BCUT2D eigenvalue weighted by atomic mass is 19.3. The van der Waals surface area contributed by atoms with Gasteiger partial charge in [0, 0.05) is 38.1 Å². The van der Waals surface area contributed by atoms with Crippen LogP contribution in [0.2, 0.25) is 0 Å². The van der Waals surface area contributed by atoms with E-state index in [2.05, 4.69) is 20.6 Å². The van der Waals surface area contributed by atoms with E-state index in [0.29, 0.717) is 18.5 Å². The van der Waals surface area contributed by atoms with Crippen molar-refractivity contribution in [2.45, 2.75) is 37.9 Å². The number of ether oxygens (including phenoxy) is 2. The normalized spacial score (nSPS) is 14.1. The monoisotopic (exact) mass is 514 g/mol. The van der Waals surface area contributed by atoms with E-state index in [0.717, 1.165) is 24.2 Å². The first kappa shape index (κ1) is 26.2. The highest BCUT2D eigenvalue weighted by molar-refractivity contribution is 5.95. The Morgan fingerprint density at radius 1 is 1.22 bits per heavy atom. The van der Waals surface area contributed by atoms with Gasteiger partial charge in [0.15, 0.2) is 0 Å². The quantitative estimate of drug-likeness (QED) is 0.325. The Hall–Kier alpha value is -3.83. The number of rotatable bonds is 10. The molecule has 196 valence electrons. The second-order valence-electron chi connectivity index (χ2n) is 8.80. The summed E-state index contributed by atoms with van der Waals surface area (Å²) >= 11 is 0. The van der Waals surface area contributed by atoms with Crippen LogP contribution < -0.4 is 20.1 Å². The molecular formula is C26H28F2N4O5. The Balaban J connectivity index is 1.54. The van der Waals surface area contributed by atoms with Crippen molar-refractivity contribution < 1.29 is 33.3 Å². The Bertz CT molecular complexity index is 1240. The zero-order chi connectivity index (χ0) is 26.6. The molecule has 2 aromatic carbocycles. The molecule has 0 aliphatic heterocycles. The van der Waals surface area contributed by atoms with Gasteiger partial charge in [0.05, 0.1) is 25.5 Å². The van der Waals surface area contributed by atoms with Crippen LogP contribution in [0.25, 0.3) is 0 Å². The number of hydrogen-bond donors (Lipinski definition) is 4. The third-order valence-corrected chi connectivity index (χ3v) is 5.94. The van der Waals surface area contributed by atoms with E-state index in [1.54, 1.807) is 6.07 Å². The maximum Gasteiger partial charge on any atom is 0.277 e. The first-order chi connectivity index (χ1) is 17.7. The zero-order valence-corrected chi connectivity index (χ0v) is 20.4. The number of nitrogens with zero attached hydrogens (tertiary/aromatic N) is 2. The largest absolute Gasteiger partial charge is 0.495 e. The SMILES string of the molecule is COc1cc(C(=O)NCC(O)CO)ccc1Nc1ncc(C(C)(F)F)c(OC2Cc3ccccc3C2)n1. The first-order valence-corrected chi connectivity index (χ1v) is 11.7. The Labute approximate surface area is 212 Å². The van der Waals surface area contributed by atoms with Gasteiger partial charge in [0.2, 0.25) is 11.8 Å². The van der Waals surface area contributed by atoms with Gasteiger partial charge in [-0.3, -0.25) is 4.79 Å². The van der Waals surface area contributed by atoms with Crippen molar-refractivity contribution in [2.24, 2.45) is 0 Å². The molecule has 1 aromatic heterocycles. The second kappa shape index (κ2) is 11.1. The lowest BCUT2D eigenvalue weighted by Crippen LogP contribution is -2.33. The lowest BCUT2D eigenvalue weighted by Gasteiger charge is -2.19. The molecule has 1 heterocycles. The van der Waals surface area contributed by atoms with Crippen LogP contribution in [0, 0.1) is 0 Å². The molecule has 0 bridgehead atoms. The number of fused-ring (bicyclic) bond motifs is 1. The maximum atomic E-state index is 14.3. The number of carbonyl (C=O) groups is 1. The summed E-state index contributed by atoms with van der Waals surface area (Å²) in [4.78, 5) is 20.6. The van der Waals surface area contributed by atoms with E-state index in [-0.39, 0.29) is 35.8 Å². The number of halogens is 2. The standard InChI is InChI=1S/C26H28F2N4O5/c1-26(27,28)20-13-30-25(32-24(20)37-19-9-15-5-3-4-6-16(15)10-19)31-21-8-7-17(11-22(21)36-2)23(35)29-12-18(34)14-33/h3-8,11,13,18-19,33-34H,9-10,12,14H2,1-2H3,(H,29,35)(H,30,31,32). The van der Waals surface area contributed by atoms with E-state index < -0.39 is 30.1 Å². The van der Waals surface area contributed by atoms with E-state index in [1.165, 1.54) is 19.2 Å². The van der Waals surface area contributed by atoms with Crippen molar-refractivity contribution >= 4 is 17.5 Å². The lowest BCUT2D eigenvalue weighted by molar-refractivity contribution is 0.0120. The van der Waals surface area contributed by atoms with E-state index in [4.69, 9.17) is 14.6 Å². The van der Waals surface area contributed by atoms with Crippen molar-refractivity contribution in [2.75, 3.05) is 25.6 Å². The van der Waals surface area contributed by atoms with Crippen molar-refractivity contribution in [1.29, 1.82) is 0 Å². The molecule has 0 radical (unpaired) electrons. The van der Waals surface area contributed by atoms with Crippen LogP contribution in [0.5, 0.6) is 11.6 Å². The number of hydrogen-bond acceptors (Lipinski definition) is 8. The predicted octanol–water partition coefficient (Wildman–Crippen LogP) is 2.97. The Morgan fingerprint density at radius 2 is 1.92 bits per heavy atom. The molecule has 1 atom stereocenters. The molecule has 37 heavy (non-hydrogen) atoms. The Morgan fingerprint density at radius 3 is 2.54 bits per heavy atom. The van der Waals surface area contributed by atoms with Crippen LogP contribution in [-0.2, 0) is 18.8 Å². The van der Waals surface area contributed by atoms with Crippen molar-refractivity contribution in [3.63, 3.8) is 0 Å². The van der Waals surface area contributed by atoms with E-state index in [1.807, 2.05) is 24.3 Å². The summed E-state index contributed by atoms with van der Waals surface area (Å²) in [5, 5.41) is 23.7. The number of methoxy groups -OCH3 is 1. The molecule has 3 aromatic rings. The fraction of sp³-hybridized carbons (Fsp3) is 0.346. The minimum Gasteiger partial charge on any atom is -0.495 e. The molecule has 0 saturated heterocycles. The van der Waals surface area contributed by atoms with E-state index >= 15 is 0 Å². The minimum absolute atomic E-state index is 0.0140. The fourth-order valence-electron chi connectivity index (χ4n) is 4.01. The van der Waals surface area contributed by atoms with Crippen LogP contribution in [0.4, 0.5) is 20.4 Å². The lowest BCUT2D eigenvalue weighted by atomic mass is 10.1. The molecule has 11 heteroatoms. The van der Waals surface area contributed by atoms with Gasteiger partial charge in [-0.25, -0.2) is 13.8 Å². The molecule has 1 unspecified atom stereocenters. The smallest absolute Gasteiger partial charge is 0.277 e. The number of nitrogens with one attached hydrogen (secondary N) is 2. The summed E-state index contributed by atoms with van der Waals surface area (Å²) in [7, 11) is 1.41. The predicted molar refractivity (Wildman–Crippen MR) is 132 cm³/mol. The fourth-order valence-corrected chi connectivity index (χ4v) is 4.01. The molecule has 1 aliphatic carbocycles. The molecule has 9 nitrogen and oxygen atoms in total. The molecule has 0 saturated carbocycles. The maximum absolute atomic E-state index is 14.3. The van der Waals surface area contributed by atoms with Gasteiger partial charge in [-0.2, -0.15) is 4.98 Å². The van der Waals surface area contributed by atoms with Gasteiger partial charge < -0.3 is 30.3 Å². The summed E-state index contributed by atoms with van der Waals surface area (Å²) < 4.78 is 40.0. The number of carbonyl (C=O) groups excluding carboxylic acids is 1. The van der Waals surface area contributed by atoms with Crippen LogP contribution in [0.3, 0.4) is 0 Å². The summed E-state index contributed by atoms with van der Waals surface area (Å²) in [5.41, 5.74) is 2.45. The molecular weight excluding hydrogens is 486 g/mol. The average Bonchev–Trinajstić information content (AvgIpc) is 3.29. The van der Waals surface area contributed by atoms with Crippen LogP contribution >= 0.6 is 0 Å². The number of alkyl halides is 2. The summed E-state index contributed by atoms with van der Waals surface area (Å²) in [5.74, 6) is -3.61. The third kappa shape index (κ3) is 6.30. The van der Waals surface area contributed by atoms with E-state index in [9.17, 15) is 18.7 Å². The van der Waals surface area contributed by atoms with Crippen LogP contribution in [0.15, 0.2) is 48.7 Å². The Kier molecular flexibility index (Phi) is 7.84. The van der Waals surface area contributed by atoms with Gasteiger partial charge in [0.25, 0.3) is 11.8 Å². The second-order valence-corrected chi connectivity index (χ2v) is 8.80. The average molecular weight is 515 g/mol. The van der Waals surface area contributed by atoms with Crippen LogP contribution in [0.1, 0.15) is 34.0 Å². The van der Waals surface area contributed by atoms with Crippen molar-refractivity contribution in [3.05, 3.63) is 70.9 Å². The molecule has 4 rings (SSSR count).